The maximum absolute atomic E-state index is 12.4. The van der Waals surface area contributed by atoms with E-state index >= 15 is 0 Å². The van der Waals surface area contributed by atoms with E-state index in [1.807, 2.05) is 0 Å². The Kier molecular flexibility index (Phi) is 5.24. The largest absolute Gasteiger partial charge is 0.573 e. The number of hydrogen-bond acceptors (Lipinski definition) is 6. The quantitative estimate of drug-likeness (QED) is 0.352. The fourth-order valence-corrected chi connectivity index (χ4v) is 3.63. The minimum absolute atomic E-state index is 0.301. The molecule has 0 spiro atoms. The molecule has 1 saturated heterocycles. The standard InChI is InChI=1S/C20H9F3N2O3S2/c21-20(22,23)28-14-3-1-2-11(6-14)4-5-12-9-24-10-13-7-15(27-17(12)13)8-16-18(26)25-19(29)30-16/h1-3,6-10H,(H,25,26,29). The van der Waals surface area contributed by atoms with Crippen molar-refractivity contribution in [3.05, 3.63) is 64.5 Å². The Morgan fingerprint density at radius 2 is 2.07 bits per heavy atom. The van der Waals surface area contributed by atoms with Crippen molar-refractivity contribution < 1.29 is 27.1 Å². The zero-order chi connectivity index (χ0) is 21.3. The van der Waals surface area contributed by atoms with Crippen LogP contribution < -0.4 is 10.1 Å². The lowest BCUT2D eigenvalue weighted by Gasteiger charge is -2.08. The SMILES string of the molecule is O=C1NC(=S)SC1=Cc1cc2cncc(C#Cc3cccc(OC(F)(F)F)c3)c2o1. The number of thioether (sulfide) groups is 1. The van der Waals surface area contributed by atoms with Crippen molar-refractivity contribution in [2.75, 3.05) is 0 Å². The minimum Gasteiger partial charge on any atom is -0.455 e. The maximum Gasteiger partial charge on any atom is 0.573 e. The molecule has 2 aromatic heterocycles. The summed E-state index contributed by atoms with van der Waals surface area (Å²) in [7, 11) is 0. The smallest absolute Gasteiger partial charge is 0.455 e. The highest BCUT2D eigenvalue weighted by molar-refractivity contribution is 8.26. The van der Waals surface area contributed by atoms with E-state index in [9.17, 15) is 18.0 Å². The van der Waals surface area contributed by atoms with Gasteiger partial charge in [-0.1, -0.05) is 41.9 Å². The Bertz CT molecular complexity index is 1270. The zero-order valence-corrected chi connectivity index (χ0v) is 16.4. The number of nitrogens with zero attached hydrogens (tertiary/aromatic N) is 1. The van der Waals surface area contributed by atoms with Gasteiger partial charge in [-0.25, -0.2) is 0 Å². The third-order valence-electron chi connectivity index (χ3n) is 3.77. The summed E-state index contributed by atoms with van der Waals surface area (Å²) in [5.41, 5.74) is 1.21. The summed E-state index contributed by atoms with van der Waals surface area (Å²) >= 11 is 6.09. The van der Waals surface area contributed by atoms with Crippen LogP contribution in [-0.2, 0) is 4.79 Å². The summed E-state index contributed by atoms with van der Waals surface area (Å²) in [4.78, 5) is 16.3. The highest BCUT2D eigenvalue weighted by Gasteiger charge is 2.31. The molecule has 0 saturated carbocycles. The molecule has 10 heteroatoms. The van der Waals surface area contributed by atoms with Gasteiger partial charge in [-0.3, -0.25) is 9.78 Å². The van der Waals surface area contributed by atoms with E-state index in [0.717, 1.165) is 11.8 Å². The lowest BCUT2D eigenvalue weighted by molar-refractivity contribution is -0.274. The lowest BCUT2D eigenvalue weighted by Crippen LogP contribution is -2.17. The molecule has 4 rings (SSSR count). The molecule has 3 heterocycles. The first-order chi connectivity index (χ1) is 14.3. The number of rotatable bonds is 2. The Hall–Kier alpha value is -3.29. The first-order valence-corrected chi connectivity index (χ1v) is 9.49. The normalized spacial score (nSPS) is 15.2. The molecule has 0 bridgehead atoms. The Morgan fingerprint density at radius 3 is 2.80 bits per heavy atom. The Balaban J connectivity index is 1.65. The van der Waals surface area contributed by atoms with Gasteiger partial charge in [-0.05, 0) is 24.3 Å². The molecule has 30 heavy (non-hydrogen) atoms. The van der Waals surface area contributed by atoms with Gasteiger partial charge < -0.3 is 14.5 Å². The number of amides is 1. The van der Waals surface area contributed by atoms with Crippen LogP contribution >= 0.6 is 24.0 Å². The van der Waals surface area contributed by atoms with Crippen molar-refractivity contribution >= 4 is 51.3 Å². The van der Waals surface area contributed by atoms with Gasteiger partial charge in [0.25, 0.3) is 5.91 Å². The second-order valence-electron chi connectivity index (χ2n) is 5.93. The number of hydrogen-bond donors (Lipinski definition) is 1. The van der Waals surface area contributed by atoms with Gasteiger partial charge in [0.1, 0.15) is 15.8 Å². The summed E-state index contributed by atoms with van der Waals surface area (Å²) in [6.07, 6.45) is -0.151. The van der Waals surface area contributed by atoms with Crippen LogP contribution in [0.1, 0.15) is 16.9 Å². The van der Waals surface area contributed by atoms with E-state index in [-0.39, 0.29) is 11.7 Å². The average molecular weight is 446 g/mol. The average Bonchev–Trinajstić information content (AvgIpc) is 3.21. The van der Waals surface area contributed by atoms with E-state index in [1.165, 1.54) is 24.4 Å². The molecule has 5 nitrogen and oxygen atoms in total. The first-order valence-electron chi connectivity index (χ1n) is 8.27. The van der Waals surface area contributed by atoms with Crippen LogP contribution in [0, 0.1) is 11.8 Å². The summed E-state index contributed by atoms with van der Waals surface area (Å²) in [6.45, 7) is 0. The molecule has 3 aromatic rings. The van der Waals surface area contributed by atoms with Gasteiger partial charge in [-0.15, -0.1) is 13.2 Å². The molecule has 1 fully saturated rings. The number of alkyl halides is 3. The number of benzene rings is 1. The van der Waals surface area contributed by atoms with Gasteiger partial charge >= 0.3 is 6.36 Å². The number of halogens is 3. The number of fused-ring (bicyclic) bond motifs is 1. The third-order valence-corrected chi connectivity index (χ3v) is 4.93. The van der Waals surface area contributed by atoms with Gasteiger partial charge in [0.2, 0.25) is 0 Å². The Morgan fingerprint density at radius 1 is 1.23 bits per heavy atom. The number of carbonyl (C=O) groups is 1. The maximum atomic E-state index is 12.4. The second-order valence-corrected chi connectivity index (χ2v) is 7.65. The number of thiocarbonyl (C=S) groups is 1. The molecule has 1 N–H and O–H groups in total. The van der Waals surface area contributed by atoms with E-state index in [0.29, 0.717) is 37.1 Å². The van der Waals surface area contributed by atoms with Crippen molar-refractivity contribution in [1.29, 1.82) is 0 Å². The van der Waals surface area contributed by atoms with E-state index < -0.39 is 6.36 Å². The van der Waals surface area contributed by atoms with E-state index in [1.54, 1.807) is 24.4 Å². The van der Waals surface area contributed by atoms with Crippen LogP contribution in [0.25, 0.3) is 17.0 Å². The van der Waals surface area contributed by atoms with Crippen LogP contribution in [0.2, 0.25) is 0 Å². The first kappa shape index (κ1) is 20.0. The molecule has 1 aromatic carbocycles. The molecular formula is C20H9F3N2O3S2. The molecule has 0 unspecified atom stereocenters. The van der Waals surface area contributed by atoms with Crippen molar-refractivity contribution in [1.82, 2.24) is 10.3 Å². The number of nitrogens with one attached hydrogen (secondary N) is 1. The molecule has 1 aliphatic rings. The van der Waals surface area contributed by atoms with Crippen molar-refractivity contribution in [3.63, 3.8) is 0 Å². The van der Waals surface area contributed by atoms with Gasteiger partial charge in [0, 0.05) is 29.4 Å². The third kappa shape index (κ3) is 4.64. The number of carbonyl (C=O) groups excluding carboxylic acids is 1. The number of pyridine rings is 1. The summed E-state index contributed by atoms with van der Waals surface area (Å²) in [5, 5.41) is 3.18. The van der Waals surface area contributed by atoms with E-state index in [4.69, 9.17) is 16.6 Å². The minimum atomic E-state index is -4.78. The molecule has 1 aliphatic heterocycles. The topological polar surface area (TPSA) is 64.4 Å². The molecule has 0 aliphatic carbocycles. The predicted molar refractivity (Wildman–Crippen MR) is 109 cm³/mol. The molecular weight excluding hydrogens is 437 g/mol. The van der Waals surface area contributed by atoms with Gasteiger partial charge in [0.05, 0.1) is 10.5 Å². The van der Waals surface area contributed by atoms with Crippen LogP contribution in [0.4, 0.5) is 13.2 Å². The molecule has 150 valence electrons. The van der Waals surface area contributed by atoms with Crippen LogP contribution in [0.15, 0.2) is 52.0 Å². The summed E-state index contributed by atoms with van der Waals surface area (Å²) in [6, 6.07) is 7.05. The molecule has 1 amide bonds. The molecule has 0 radical (unpaired) electrons. The molecule has 0 atom stereocenters. The van der Waals surface area contributed by atoms with Crippen molar-refractivity contribution in [2.24, 2.45) is 0 Å². The fraction of sp³-hybridized carbons (Fsp3) is 0.0500. The van der Waals surface area contributed by atoms with E-state index in [2.05, 4.69) is 26.9 Å². The summed E-state index contributed by atoms with van der Waals surface area (Å²) < 4.78 is 47.2. The van der Waals surface area contributed by atoms with Crippen molar-refractivity contribution in [2.45, 2.75) is 6.36 Å². The number of aromatic nitrogens is 1. The number of ether oxygens (including phenoxy) is 1. The van der Waals surface area contributed by atoms with Crippen LogP contribution in [-0.4, -0.2) is 21.6 Å². The van der Waals surface area contributed by atoms with Crippen LogP contribution in [0.3, 0.4) is 0 Å². The lowest BCUT2D eigenvalue weighted by atomic mass is 10.2. The predicted octanol–water partition coefficient (Wildman–Crippen LogP) is 4.62. The van der Waals surface area contributed by atoms with Crippen molar-refractivity contribution in [3.8, 4) is 17.6 Å². The zero-order valence-electron chi connectivity index (χ0n) is 14.7. The highest BCUT2D eigenvalue weighted by Crippen LogP contribution is 2.29. The Labute approximate surface area is 177 Å². The summed E-state index contributed by atoms with van der Waals surface area (Å²) in [5.74, 6) is 5.38. The highest BCUT2D eigenvalue weighted by atomic mass is 32.2. The monoisotopic (exact) mass is 446 g/mol. The number of furan rings is 1. The van der Waals surface area contributed by atoms with Gasteiger partial charge in [-0.2, -0.15) is 0 Å². The second kappa shape index (κ2) is 7.85. The fourth-order valence-electron chi connectivity index (χ4n) is 2.60. The van der Waals surface area contributed by atoms with Crippen LogP contribution in [0.5, 0.6) is 5.75 Å². The van der Waals surface area contributed by atoms with Gasteiger partial charge in [0.15, 0.2) is 5.58 Å².